The summed E-state index contributed by atoms with van der Waals surface area (Å²) in [4.78, 5) is 15.5. The topological polar surface area (TPSA) is 104 Å². The number of nitrogens with zero attached hydrogens (tertiary/aromatic N) is 3. The van der Waals surface area contributed by atoms with Crippen LogP contribution in [0.15, 0.2) is 24.4 Å². The Labute approximate surface area is 122 Å². The third kappa shape index (κ3) is 3.14. The predicted octanol–water partition coefficient (Wildman–Crippen LogP) is 0.336. The minimum absolute atomic E-state index is 0.0205. The van der Waals surface area contributed by atoms with E-state index in [0.717, 1.165) is 4.31 Å². The Morgan fingerprint density at radius 1 is 1.43 bits per heavy atom. The van der Waals surface area contributed by atoms with Crippen molar-refractivity contribution in [1.29, 1.82) is 0 Å². The number of sulfonamides is 1. The molecular formula is C12H16N4O4S. The van der Waals surface area contributed by atoms with Gasteiger partial charge in [-0.25, -0.2) is 22.5 Å². The van der Waals surface area contributed by atoms with Gasteiger partial charge in [-0.2, -0.15) is 0 Å². The number of rotatable bonds is 6. The van der Waals surface area contributed by atoms with Gasteiger partial charge in [0.25, 0.3) is 0 Å². The fourth-order valence-corrected chi connectivity index (χ4v) is 2.53. The summed E-state index contributed by atoms with van der Waals surface area (Å²) in [6.07, 6.45) is 1.59. The van der Waals surface area contributed by atoms with E-state index < -0.39 is 16.0 Å². The Bertz CT molecular complexity index is 767. The van der Waals surface area contributed by atoms with Crippen molar-refractivity contribution in [1.82, 2.24) is 13.7 Å². The molecule has 21 heavy (non-hydrogen) atoms. The minimum atomic E-state index is -3.34. The molecule has 0 fully saturated rings. The number of anilines is 1. The molecule has 0 bridgehead atoms. The van der Waals surface area contributed by atoms with Crippen molar-refractivity contribution in [3.05, 3.63) is 30.1 Å². The van der Waals surface area contributed by atoms with Crippen LogP contribution >= 0.6 is 0 Å². The van der Waals surface area contributed by atoms with Crippen molar-refractivity contribution in [2.75, 3.05) is 31.7 Å². The number of pyridine rings is 1. The molecule has 2 rings (SSSR count). The van der Waals surface area contributed by atoms with Crippen LogP contribution in [0.5, 0.6) is 0 Å². The number of hydrogen-bond donors (Lipinski definition) is 2. The van der Waals surface area contributed by atoms with Crippen LogP contribution in [-0.2, 0) is 10.0 Å². The zero-order chi connectivity index (χ0) is 15.6. The molecule has 8 nitrogen and oxygen atoms in total. The highest BCUT2D eigenvalue weighted by Gasteiger charge is 2.19. The largest absolute Gasteiger partial charge is 0.476 e. The maximum absolute atomic E-state index is 11.7. The van der Waals surface area contributed by atoms with Crippen LogP contribution in [0.1, 0.15) is 10.5 Å². The van der Waals surface area contributed by atoms with E-state index in [-0.39, 0.29) is 23.8 Å². The number of hydrogen-bond acceptors (Lipinski definition) is 5. The first kappa shape index (κ1) is 15.3. The number of carbonyl (C=O) groups is 1. The number of carboxylic acid groups (broad SMARTS) is 1. The summed E-state index contributed by atoms with van der Waals surface area (Å²) in [5, 5.41) is 12.0. The summed E-state index contributed by atoms with van der Waals surface area (Å²) in [7, 11) is -0.448. The van der Waals surface area contributed by atoms with Crippen LogP contribution in [0.2, 0.25) is 0 Å². The Morgan fingerprint density at radius 3 is 2.76 bits per heavy atom. The van der Waals surface area contributed by atoms with Gasteiger partial charge < -0.3 is 10.4 Å². The van der Waals surface area contributed by atoms with E-state index in [2.05, 4.69) is 10.3 Å². The monoisotopic (exact) mass is 312 g/mol. The smallest absolute Gasteiger partial charge is 0.356 e. The Hall–Kier alpha value is -2.13. The van der Waals surface area contributed by atoms with E-state index in [1.54, 1.807) is 24.4 Å². The van der Waals surface area contributed by atoms with Crippen molar-refractivity contribution in [2.24, 2.45) is 0 Å². The van der Waals surface area contributed by atoms with Gasteiger partial charge in [0.2, 0.25) is 10.0 Å². The normalized spacial score (nSPS) is 12.0. The van der Waals surface area contributed by atoms with E-state index in [1.807, 2.05) is 0 Å². The molecule has 0 spiro atoms. The van der Waals surface area contributed by atoms with Gasteiger partial charge in [-0.1, -0.05) is 6.07 Å². The van der Waals surface area contributed by atoms with Gasteiger partial charge in [-0.3, -0.25) is 4.40 Å². The molecule has 9 heteroatoms. The van der Waals surface area contributed by atoms with E-state index in [4.69, 9.17) is 0 Å². The first-order chi connectivity index (χ1) is 9.83. The van der Waals surface area contributed by atoms with Crippen molar-refractivity contribution < 1.29 is 18.3 Å². The van der Waals surface area contributed by atoms with E-state index in [9.17, 15) is 18.3 Å². The highest BCUT2D eigenvalue weighted by atomic mass is 32.2. The van der Waals surface area contributed by atoms with Crippen LogP contribution in [-0.4, -0.2) is 59.6 Å². The molecule has 0 aliphatic heterocycles. The summed E-state index contributed by atoms with van der Waals surface area (Å²) >= 11 is 0. The Kier molecular flexibility index (Phi) is 4.14. The van der Waals surface area contributed by atoms with Crippen molar-refractivity contribution >= 4 is 27.5 Å². The second-order valence-electron chi connectivity index (χ2n) is 4.57. The molecule has 2 heterocycles. The first-order valence-corrected chi connectivity index (χ1v) is 7.78. The minimum Gasteiger partial charge on any atom is -0.476 e. The molecule has 0 saturated carbocycles. The average molecular weight is 312 g/mol. The fraction of sp³-hybridized carbons (Fsp3) is 0.333. The van der Waals surface area contributed by atoms with Crippen LogP contribution in [0.4, 0.5) is 5.82 Å². The molecular weight excluding hydrogens is 296 g/mol. The fourth-order valence-electron chi connectivity index (χ4n) is 1.80. The summed E-state index contributed by atoms with van der Waals surface area (Å²) < 4.78 is 25.9. The van der Waals surface area contributed by atoms with E-state index in [0.29, 0.717) is 5.65 Å². The standard InChI is InChI=1S/C12H16N4O4S/c1-15(2)21(19,20)8-6-13-11-10(12(17)18)16-7-4-3-5-9(16)14-11/h3-5,7,13H,6,8H2,1-2H3,(H,17,18). The number of aromatic nitrogens is 2. The molecule has 0 saturated heterocycles. The molecule has 0 amide bonds. The van der Waals surface area contributed by atoms with Crippen LogP contribution in [0.25, 0.3) is 5.65 Å². The Morgan fingerprint density at radius 2 is 2.14 bits per heavy atom. The van der Waals surface area contributed by atoms with Gasteiger partial charge in [0.1, 0.15) is 5.65 Å². The van der Waals surface area contributed by atoms with Gasteiger partial charge >= 0.3 is 5.97 Å². The van der Waals surface area contributed by atoms with E-state index in [1.165, 1.54) is 18.5 Å². The molecule has 114 valence electrons. The molecule has 0 aromatic carbocycles. The lowest BCUT2D eigenvalue weighted by Crippen LogP contribution is -2.28. The first-order valence-electron chi connectivity index (χ1n) is 6.17. The number of aromatic carboxylic acids is 1. The SMILES string of the molecule is CN(C)S(=O)(=O)CCNc1nc2ccccn2c1C(=O)O. The molecule has 0 unspecified atom stereocenters. The Balaban J connectivity index is 2.23. The molecule has 0 aliphatic rings. The van der Waals surface area contributed by atoms with Crippen LogP contribution in [0.3, 0.4) is 0 Å². The van der Waals surface area contributed by atoms with Crippen LogP contribution in [0, 0.1) is 0 Å². The predicted molar refractivity (Wildman–Crippen MR) is 78.1 cm³/mol. The highest BCUT2D eigenvalue weighted by Crippen LogP contribution is 2.17. The summed E-state index contributed by atoms with van der Waals surface area (Å²) in [5.74, 6) is -1.12. The van der Waals surface area contributed by atoms with Gasteiger partial charge in [-0.15, -0.1) is 0 Å². The number of fused-ring (bicyclic) bond motifs is 1. The van der Waals surface area contributed by atoms with Crippen LogP contribution < -0.4 is 5.32 Å². The lowest BCUT2D eigenvalue weighted by atomic mass is 10.4. The lowest BCUT2D eigenvalue weighted by molar-refractivity contribution is 0.0690. The third-order valence-corrected chi connectivity index (χ3v) is 4.77. The molecule has 0 atom stereocenters. The summed E-state index contributed by atoms with van der Waals surface area (Å²) in [6, 6.07) is 5.11. The van der Waals surface area contributed by atoms with Gasteiger partial charge in [0, 0.05) is 26.8 Å². The van der Waals surface area contributed by atoms with Gasteiger partial charge in [0.15, 0.2) is 11.5 Å². The molecule has 2 N–H and O–H groups in total. The molecule has 0 aliphatic carbocycles. The molecule has 2 aromatic rings. The zero-order valence-corrected chi connectivity index (χ0v) is 12.5. The number of carboxylic acids is 1. The van der Waals surface area contributed by atoms with E-state index >= 15 is 0 Å². The number of nitrogens with one attached hydrogen (secondary N) is 1. The maximum Gasteiger partial charge on any atom is 0.356 e. The second kappa shape index (κ2) is 5.70. The lowest BCUT2D eigenvalue weighted by Gasteiger charge is -2.11. The van der Waals surface area contributed by atoms with Crippen molar-refractivity contribution in [3.8, 4) is 0 Å². The highest BCUT2D eigenvalue weighted by molar-refractivity contribution is 7.89. The average Bonchev–Trinajstić information content (AvgIpc) is 2.76. The van der Waals surface area contributed by atoms with Crippen molar-refractivity contribution in [2.45, 2.75) is 0 Å². The van der Waals surface area contributed by atoms with Gasteiger partial charge in [-0.05, 0) is 12.1 Å². The molecule has 0 radical (unpaired) electrons. The summed E-state index contributed by atoms with van der Waals surface area (Å²) in [6.45, 7) is 0.0741. The molecule has 2 aromatic heterocycles. The van der Waals surface area contributed by atoms with Crippen molar-refractivity contribution in [3.63, 3.8) is 0 Å². The zero-order valence-electron chi connectivity index (χ0n) is 11.6. The maximum atomic E-state index is 11.7. The number of imidazole rings is 1. The quantitative estimate of drug-likeness (QED) is 0.797. The van der Waals surface area contributed by atoms with Gasteiger partial charge in [0.05, 0.1) is 5.75 Å². The summed E-state index contributed by atoms with van der Waals surface area (Å²) in [5.41, 5.74) is 0.459. The second-order valence-corrected chi connectivity index (χ2v) is 6.87. The third-order valence-electron chi connectivity index (χ3n) is 2.94.